The van der Waals surface area contributed by atoms with Crippen molar-refractivity contribution in [3.8, 4) is 0 Å². The Morgan fingerprint density at radius 1 is 1.13 bits per heavy atom. The van der Waals surface area contributed by atoms with Crippen molar-refractivity contribution in [2.45, 2.75) is 37.8 Å². The van der Waals surface area contributed by atoms with Crippen molar-refractivity contribution in [2.75, 3.05) is 13.2 Å². The predicted molar refractivity (Wildman–Crippen MR) is 117 cm³/mol. The molecule has 2 atom stereocenters. The zero-order valence-corrected chi connectivity index (χ0v) is 17.7. The number of rotatable bonds is 5. The molecule has 5 rings (SSSR count). The second-order valence-electron chi connectivity index (χ2n) is 7.92. The normalized spacial score (nSPS) is 24.7. The number of carbonyl (C=O) groups excluding carboxylic acids is 2. The van der Waals surface area contributed by atoms with Crippen molar-refractivity contribution in [3.63, 3.8) is 0 Å². The number of nitrogens with one attached hydrogen (secondary N) is 1. The van der Waals surface area contributed by atoms with Gasteiger partial charge in [-0.15, -0.1) is 11.3 Å². The quantitative estimate of drug-likeness (QED) is 0.627. The van der Waals surface area contributed by atoms with E-state index in [4.69, 9.17) is 4.98 Å². The van der Waals surface area contributed by atoms with Gasteiger partial charge in [0.05, 0.1) is 22.9 Å². The highest BCUT2D eigenvalue weighted by Gasteiger charge is 2.52. The molecular weight excluding hydrogens is 396 g/mol. The van der Waals surface area contributed by atoms with Crippen molar-refractivity contribution in [1.29, 1.82) is 0 Å². The molecule has 30 heavy (non-hydrogen) atoms. The van der Waals surface area contributed by atoms with Crippen molar-refractivity contribution < 1.29 is 9.59 Å². The maximum Gasteiger partial charge on any atom is 0.326 e. The van der Waals surface area contributed by atoms with Crippen LogP contribution in [0.2, 0.25) is 0 Å². The lowest BCUT2D eigenvalue weighted by molar-refractivity contribution is -0.133. The van der Waals surface area contributed by atoms with Gasteiger partial charge in [-0.1, -0.05) is 49.4 Å². The monoisotopic (exact) mass is 420 g/mol. The number of aromatic nitrogens is 1. The maximum absolute atomic E-state index is 13.4. The van der Waals surface area contributed by atoms with Gasteiger partial charge < -0.3 is 5.32 Å². The number of urea groups is 1. The number of fused-ring (bicyclic) bond motifs is 1. The second-order valence-corrected chi connectivity index (χ2v) is 8.98. The van der Waals surface area contributed by atoms with Crippen LogP contribution >= 0.6 is 11.3 Å². The van der Waals surface area contributed by atoms with Gasteiger partial charge in [0, 0.05) is 6.54 Å². The fourth-order valence-corrected chi connectivity index (χ4v) is 5.74. The fraction of sp³-hybridized carbons (Fsp3) is 0.348. The number of benzene rings is 2. The average molecular weight is 421 g/mol. The third kappa shape index (κ3) is 3.00. The standard InChI is InChI=1S/C23H24N4O2S/c1-2-23(16-9-4-3-5-10-16)21(28)27(22(29)25-23)15-26-14-8-12-18(26)20-24-17-11-6-7-13-19(17)30-20/h3-7,9-11,13,18H,2,8,12,14-15H2,1H3,(H,25,29)/t18-,23+/m1/s1. The molecule has 0 unspecified atom stereocenters. The first-order chi connectivity index (χ1) is 14.6. The Balaban J connectivity index is 1.40. The van der Waals surface area contributed by atoms with E-state index in [1.807, 2.05) is 55.5 Å². The number of hydrogen-bond acceptors (Lipinski definition) is 5. The Labute approximate surface area is 179 Å². The van der Waals surface area contributed by atoms with Gasteiger partial charge in [0.15, 0.2) is 0 Å². The van der Waals surface area contributed by atoms with Crippen LogP contribution in [0.15, 0.2) is 54.6 Å². The molecule has 1 aromatic heterocycles. The smallest absolute Gasteiger partial charge is 0.319 e. The Hall–Kier alpha value is -2.77. The van der Waals surface area contributed by atoms with Crippen LogP contribution in [0.5, 0.6) is 0 Å². The maximum atomic E-state index is 13.4. The number of hydrogen-bond donors (Lipinski definition) is 1. The number of carbonyl (C=O) groups is 2. The van der Waals surface area contributed by atoms with E-state index < -0.39 is 5.54 Å². The Morgan fingerprint density at radius 2 is 1.90 bits per heavy atom. The third-order valence-electron chi connectivity index (χ3n) is 6.25. The summed E-state index contributed by atoms with van der Waals surface area (Å²) in [5.41, 5.74) is 0.856. The molecule has 0 radical (unpaired) electrons. The predicted octanol–water partition coefficient (Wildman–Crippen LogP) is 4.25. The third-order valence-corrected chi connectivity index (χ3v) is 7.39. The molecular formula is C23H24N4O2S. The van der Waals surface area contributed by atoms with E-state index in [1.54, 1.807) is 11.3 Å². The molecule has 0 bridgehead atoms. The van der Waals surface area contributed by atoms with E-state index in [1.165, 1.54) is 9.60 Å². The number of thiazole rings is 1. The van der Waals surface area contributed by atoms with Crippen LogP contribution in [0, 0.1) is 0 Å². The molecule has 2 aliphatic heterocycles. The van der Waals surface area contributed by atoms with Gasteiger partial charge in [-0.25, -0.2) is 14.7 Å². The fourth-order valence-electron chi connectivity index (χ4n) is 4.61. The summed E-state index contributed by atoms with van der Waals surface area (Å²) in [4.78, 5) is 34.7. The number of nitrogens with zero attached hydrogens (tertiary/aromatic N) is 3. The van der Waals surface area contributed by atoms with E-state index in [0.717, 1.165) is 35.5 Å². The first kappa shape index (κ1) is 19.2. The topological polar surface area (TPSA) is 65.5 Å². The molecule has 2 fully saturated rings. The van der Waals surface area contributed by atoms with E-state index in [0.29, 0.717) is 13.1 Å². The molecule has 1 N–H and O–H groups in total. The Kier molecular flexibility index (Phi) is 4.79. The van der Waals surface area contributed by atoms with E-state index in [-0.39, 0.29) is 18.0 Å². The zero-order chi connectivity index (χ0) is 20.7. The minimum atomic E-state index is -0.983. The SMILES string of the molecule is CC[C@@]1(c2ccccc2)NC(=O)N(CN2CCC[C@@H]2c2nc3ccccc3s2)C1=O. The lowest BCUT2D eigenvalue weighted by atomic mass is 9.87. The van der Waals surface area contributed by atoms with Gasteiger partial charge in [0.2, 0.25) is 0 Å². The van der Waals surface area contributed by atoms with Crippen LogP contribution in [0.25, 0.3) is 10.2 Å². The Morgan fingerprint density at radius 3 is 2.67 bits per heavy atom. The highest BCUT2D eigenvalue weighted by atomic mass is 32.1. The molecule has 2 aromatic carbocycles. The molecule has 0 saturated carbocycles. The number of para-hydroxylation sites is 1. The highest BCUT2D eigenvalue weighted by molar-refractivity contribution is 7.18. The molecule has 0 aliphatic carbocycles. The van der Waals surface area contributed by atoms with Crippen LogP contribution in [0.1, 0.15) is 42.8 Å². The van der Waals surface area contributed by atoms with Gasteiger partial charge in [-0.2, -0.15) is 0 Å². The summed E-state index contributed by atoms with van der Waals surface area (Å²) in [7, 11) is 0. The van der Waals surface area contributed by atoms with Crippen LogP contribution < -0.4 is 5.32 Å². The first-order valence-electron chi connectivity index (χ1n) is 10.4. The molecule has 3 amide bonds. The minimum absolute atomic E-state index is 0.136. The number of likely N-dealkylation sites (tertiary alicyclic amines) is 1. The molecule has 6 nitrogen and oxygen atoms in total. The van der Waals surface area contributed by atoms with Gasteiger partial charge in [-0.05, 0) is 37.0 Å². The van der Waals surface area contributed by atoms with Gasteiger partial charge >= 0.3 is 6.03 Å². The van der Waals surface area contributed by atoms with Crippen LogP contribution in [-0.2, 0) is 10.3 Å². The summed E-state index contributed by atoms with van der Waals surface area (Å²) in [5.74, 6) is -0.170. The summed E-state index contributed by atoms with van der Waals surface area (Å²) in [6, 6.07) is 17.5. The van der Waals surface area contributed by atoms with E-state index in [2.05, 4.69) is 16.3 Å². The summed E-state index contributed by atoms with van der Waals surface area (Å²) in [5, 5.41) is 4.04. The Bertz CT molecular complexity index is 1070. The molecule has 3 aromatic rings. The lowest BCUT2D eigenvalue weighted by Gasteiger charge is -2.28. The molecule has 0 spiro atoms. The number of imide groups is 1. The van der Waals surface area contributed by atoms with Crippen LogP contribution in [0.3, 0.4) is 0 Å². The van der Waals surface area contributed by atoms with Crippen molar-refractivity contribution in [2.24, 2.45) is 0 Å². The summed E-state index contributed by atoms with van der Waals surface area (Å²) < 4.78 is 1.17. The van der Waals surface area contributed by atoms with E-state index in [9.17, 15) is 9.59 Å². The summed E-state index contributed by atoms with van der Waals surface area (Å²) >= 11 is 1.70. The zero-order valence-electron chi connectivity index (χ0n) is 16.9. The van der Waals surface area contributed by atoms with Crippen molar-refractivity contribution in [1.82, 2.24) is 20.1 Å². The summed E-state index contributed by atoms with van der Waals surface area (Å²) in [6.07, 6.45) is 2.53. The van der Waals surface area contributed by atoms with Crippen LogP contribution in [0.4, 0.5) is 4.79 Å². The molecule has 3 heterocycles. The summed E-state index contributed by atoms with van der Waals surface area (Å²) in [6.45, 7) is 3.08. The van der Waals surface area contributed by atoms with Gasteiger partial charge in [-0.3, -0.25) is 9.69 Å². The number of amides is 3. The molecule has 154 valence electrons. The molecule has 2 saturated heterocycles. The second kappa shape index (κ2) is 7.49. The van der Waals surface area contributed by atoms with Crippen molar-refractivity contribution >= 4 is 33.5 Å². The van der Waals surface area contributed by atoms with Crippen LogP contribution in [-0.4, -0.2) is 39.9 Å². The highest BCUT2D eigenvalue weighted by Crippen LogP contribution is 2.38. The van der Waals surface area contributed by atoms with Gasteiger partial charge in [0.1, 0.15) is 10.5 Å². The van der Waals surface area contributed by atoms with E-state index >= 15 is 0 Å². The van der Waals surface area contributed by atoms with Gasteiger partial charge in [0.25, 0.3) is 5.91 Å². The molecule has 7 heteroatoms. The van der Waals surface area contributed by atoms with Crippen molar-refractivity contribution in [3.05, 3.63) is 65.2 Å². The molecule has 2 aliphatic rings. The lowest BCUT2D eigenvalue weighted by Crippen LogP contribution is -2.45. The first-order valence-corrected chi connectivity index (χ1v) is 11.2. The largest absolute Gasteiger partial charge is 0.326 e. The average Bonchev–Trinajstić information content (AvgIpc) is 3.47. The minimum Gasteiger partial charge on any atom is -0.319 e.